The SMILES string of the molecule is O=C(c1ccc2c(c1)OCO2)N1CCN(C(=O)c2c(F)cccc2Cl)CC1. The Balaban J connectivity index is 1.43. The number of rotatable bonds is 2. The third-order valence-corrected chi connectivity index (χ3v) is 4.97. The third kappa shape index (κ3) is 3.30. The van der Waals surface area contributed by atoms with Crippen LogP contribution < -0.4 is 9.47 Å². The van der Waals surface area contributed by atoms with Crippen molar-refractivity contribution < 1.29 is 23.5 Å². The summed E-state index contributed by atoms with van der Waals surface area (Å²) in [5, 5.41) is 0.0823. The minimum absolute atomic E-state index is 0.0823. The molecule has 0 atom stereocenters. The molecular formula is C19H16ClFN2O4. The molecule has 0 spiro atoms. The number of benzene rings is 2. The van der Waals surface area contributed by atoms with Gasteiger partial charge in [-0.3, -0.25) is 9.59 Å². The van der Waals surface area contributed by atoms with E-state index in [2.05, 4.69) is 0 Å². The molecular weight excluding hydrogens is 375 g/mol. The van der Waals surface area contributed by atoms with Gasteiger partial charge in [0.25, 0.3) is 11.8 Å². The first kappa shape index (κ1) is 17.6. The molecule has 140 valence electrons. The molecule has 0 aromatic heterocycles. The number of carbonyl (C=O) groups excluding carboxylic acids is 2. The van der Waals surface area contributed by atoms with E-state index in [1.807, 2.05) is 0 Å². The summed E-state index contributed by atoms with van der Waals surface area (Å²) < 4.78 is 24.5. The largest absolute Gasteiger partial charge is 0.454 e. The van der Waals surface area contributed by atoms with E-state index in [4.69, 9.17) is 21.1 Å². The van der Waals surface area contributed by atoms with E-state index in [9.17, 15) is 14.0 Å². The Labute approximate surface area is 160 Å². The number of amides is 2. The van der Waals surface area contributed by atoms with Gasteiger partial charge >= 0.3 is 0 Å². The topological polar surface area (TPSA) is 59.1 Å². The van der Waals surface area contributed by atoms with Crippen LogP contribution in [-0.4, -0.2) is 54.6 Å². The van der Waals surface area contributed by atoms with E-state index >= 15 is 0 Å². The standard InChI is InChI=1S/C19H16ClFN2O4/c20-13-2-1-3-14(21)17(13)19(25)23-8-6-22(7-9-23)18(24)12-4-5-15-16(10-12)27-11-26-15/h1-5,10H,6-9,11H2. The quantitative estimate of drug-likeness (QED) is 0.791. The first-order valence-electron chi connectivity index (χ1n) is 8.47. The van der Waals surface area contributed by atoms with Crippen LogP contribution in [0.3, 0.4) is 0 Å². The van der Waals surface area contributed by atoms with Gasteiger partial charge in [-0.1, -0.05) is 17.7 Å². The van der Waals surface area contributed by atoms with Crippen LogP contribution in [0.1, 0.15) is 20.7 Å². The summed E-state index contributed by atoms with van der Waals surface area (Å²) >= 11 is 5.98. The lowest BCUT2D eigenvalue weighted by Crippen LogP contribution is -2.50. The van der Waals surface area contributed by atoms with Crippen molar-refractivity contribution in [3.05, 3.63) is 58.4 Å². The Kier molecular flexibility index (Phi) is 4.61. The molecule has 27 heavy (non-hydrogen) atoms. The Morgan fingerprint density at radius 3 is 2.30 bits per heavy atom. The molecule has 1 saturated heterocycles. The average molecular weight is 391 g/mol. The van der Waals surface area contributed by atoms with Crippen LogP contribution in [0.15, 0.2) is 36.4 Å². The molecule has 0 bridgehead atoms. The predicted molar refractivity (Wildman–Crippen MR) is 95.8 cm³/mol. The minimum atomic E-state index is -0.647. The summed E-state index contributed by atoms with van der Waals surface area (Å²) in [6.07, 6.45) is 0. The van der Waals surface area contributed by atoms with Gasteiger partial charge in [-0.05, 0) is 30.3 Å². The Morgan fingerprint density at radius 2 is 1.59 bits per heavy atom. The summed E-state index contributed by atoms with van der Waals surface area (Å²) in [4.78, 5) is 28.4. The Hall–Kier alpha value is -2.80. The maximum absolute atomic E-state index is 14.0. The number of hydrogen-bond donors (Lipinski definition) is 0. The van der Waals surface area contributed by atoms with Crippen molar-refractivity contribution in [3.63, 3.8) is 0 Å². The third-order valence-electron chi connectivity index (χ3n) is 4.65. The zero-order valence-corrected chi connectivity index (χ0v) is 15.0. The molecule has 2 heterocycles. The molecule has 0 unspecified atom stereocenters. The fraction of sp³-hybridized carbons (Fsp3) is 0.263. The minimum Gasteiger partial charge on any atom is -0.454 e. The highest BCUT2D eigenvalue weighted by molar-refractivity contribution is 6.33. The van der Waals surface area contributed by atoms with Gasteiger partial charge < -0.3 is 19.3 Å². The smallest absolute Gasteiger partial charge is 0.258 e. The number of carbonyl (C=O) groups is 2. The van der Waals surface area contributed by atoms with E-state index in [0.717, 1.165) is 0 Å². The van der Waals surface area contributed by atoms with Gasteiger partial charge in [-0.25, -0.2) is 4.39 Å². The highest BCUT2D eigenvalue weighted by atomic mass is 35.5. The first-order chi connectivity index (χ1) is 13.0. The summed E-state index contributed by atoms with van der Waals surface area (Å²) in [5.41, 5.74) is 0.367. The maximum atomic E-state index is 14.0. The van der Waals surface area contributed by atoms with Gasteiger partial charge in [0.2, 0.25) is 6.79 Å². The summed E-state index contributed by atoms with van der Waals surface area (Å²) in [7, 11) is 0. The van der Waals surface area contributed by atoms with E-state index < -0.39 is 11.7 Å². The van der Waals surface area contributed by atoms with Crippen LogP contribution in [0, 0.1) is 5.82 Å². The second kappa shape index (κ2) is 7.08. The summed E-state index contributed by atoms with van der Waals surface area (Å²) in [6.45, 7) is 1.46. The van der Waals surface area contributed by atoms with Crippen LogP contribution in [0.5, 0.6) is 11.5 Å². The fourth-order valence-electron chi connectivity index (χ4n) is 3.19. The first-order valence-corrected chi connectivity index (χ1v) is 8.84. The monoisotopic (exact) mass is 390 g/mol. The average Bonchev–Trinajstić information content (AvgIpc) is 3.15. The second-order valence-electron chi connectivity index (χ2n) is 6.25. The maximum Gasteiger partial charge on any atom is 0.258 e. The molecule has 1 fully saturated rings. The zero-order valence-electron chi connectivity index (χ0n) is 14.3. The highest BCUT2D eigenvalue weighted by Crippen LogP contribution is 2.33. The van der Waals surface area contributed by atoms with E-state index in [1.165, 1.54) is 23.1 Å². The van der Waals surface area contributed by atoms with Crippen molar-refractivity contribution in [3.8, 4) is 11.5 Å². The van der Waals surface area contributed by atoms with Crippen LogP contribution in [0.2, 0.25) is 5.02 Å². The summed E-state index contributed by atoms with van der Waals surface area (Å²) in [5.74, 6) is -0.100. The van der Waals surface area contributed by atoms with Crippen LogP contribution in [0.4, 0.5) is 4.39 Å². The van der Waals surface area contributed by atoms with Crippen molar-refractivity contribution in [1.29, 1.82) is 0 Å². The number of fused-ring (bicyclic) bond motifs is 1. The number of ether oxygens (including phenoxy) is 2. The molecule has 0 radical (unpaired) electrons. The van der Waals surface area contributed by atoms with E-state index in [0.29, 0.717) is 43.2 Å². The molecule has 0 N–H and O–H groups in total. The molecule has 4 rings (SSSR count). The van der Waals surface area contributed by atoms with Crippen molar-refractivity contribution in [2.75, 3.05) is 33.0 Å². The zero-order chi connectivity index (χ0) is 19.0. The molecule has 2 aliphatic heterocycles. The second-order valence-corrected chi connectivity index (χ2v) is 6.66. The Morgan fingerprint density at radius 1 is 0.926 bits per heavy atom. The molecule has 2 aromatic rings. The number of halogens is 2. The number of hydrogen-bond acceptors (Lipinski definition) is 4. The van der Waals surface area contributed by atoms with Crippen LogP contribution in [0.25, 0.3) is 0 Å². The van der Waals surface area contributed by atoms with E-state index in [1.54, 1.807) is 23.1 Å². The van der Waals surface area contributed by atoms with Gasteiger partial charge in [0.05, 0.1) is 10.6 Å². The molecule has 2 amide bonds. The summed E-state index contributed by atoms with van der Waals surface area (Å²) in [6, 6.07) is 9.19. The molecule has 2 aliphatic rings. The molecule has 6 nitrogen and oxygen atoms in total. The fourth-order valence-corrected chi connectivity index (χ4v) is 3.43. The Bertz CT molecular complexity index is 892. The number of piperazine rings is 1. The lowest BCUT2D eigenvalue weighted by molar-refractivity contribution is 0.0532. The van der Waals surface area contributed by atoms with Crippen molar-refractivity contribution in [1.82, 2.24) is 9.80 Å². The van der Waals surface area contributed by atoms with Crippen molar-refractivity contribution in [2.45, 2.75) is 0 Å². The molecule has 2 aromatic carbocycles. The lowest BCUT2D eigenvalue weighted by atomic mass is 10.1. The predicted octanol–water partition coefficient (Wildman–Crippen LogP) is 2.81. The molecule has 0 saturated carbocycles. The van der Waals surface area contributed by atoms with Gasteiger partial charge in [0.1, 0.15) is 5.82 Å². The van der Waals surface area contributed by atoms with Crippen molar-refractivity contribution >= 4 is 23.4 Å². The van der Waals surface area contributed by atoms with Crippen molar-refractivity contribution in [2.24, 2.45) is 0 Å². The van der Waals surface area contributed by atoms with Gasteiger partial charge in [-0.2, -0.15) is 0 Å². The highest BCUT2D eigenvalue weighted by Gasteiger charge is 2.28. The lowest BCUT2D eigenvalue weighted by Gasteiger charge is -2.35. The normalized spacial score (nSPS) is 15.8. The van der Waals surface area contributed by atoms with E-state index in [-0.39, 0.29) is 23.3 Å². The van der Waals surface area contributed by atoms with Crippen LogP contribution >= 0.6 is 11.6 Å². The molecule has 8 heteroatoms. The van der Waals surface area contributed by atoms with Gasteiger partial charge in [0, 0.05) is 31.7 Å². The molecule has 0 aliphatic carbocycles. The van der Waals surface area contributed by atoms with Gasteiger partial charge in [-0.15, -0.1) is 0 Å². The van der Waals surface area contributed by atoms with Crippen LogP contribution in [-0.2, 0) is 0 Å². The number of nitrogens with zero attached hydrogens (tertiary/aromatic N) is 2. The van der Waals surface area contributed by atoms with Gasteiger partial charge in [0.15, 0.2) is 11.5 Å².